The lowest BCUT2D eigenvalue weighted by atomic mass is 10.0. The van der Waals surface area contributed by atoms with Crippen molar-refractivity contribution in [2.24, 2.45) is 10.8 Å². The topological polar surface area (TPSA) is 62.4 Å². The highest BCUT2D eigenvalue weighted by atomic mass is 15.3. The molecule has 1 aromatic rings. The maximum Gasteiger partial charge on any atom is 0.205 e. The van der Waals surface area contributed by atoms with E-state index >= 15 is 0 Å². The SMILES string of the molecule is CN=C(NN)NCC(C)c1ccccc1. The van der Waals surface area contributed by atoms with Gasteiger partial charge in [-0.3, -0.25) is 10.4 Å². The lowest BCUT2D eigenvalue weighted by Crippen LogP contribution is -2.42. The quantitative estimate of drug-likeness (QED) is 0.297. The van der Waals surface area contributed by atoms with Gasteiger partial charge in [0.2, 0.25) is 5.96 Å². The monoisotopic (exact) mass is 206 g/mol. The summed E-state index contributed by atoms with van der Waals surface area (Å²) in [6.45, 7) is 2.97. The Kier molecular flexibility index (Phi) is 4.63. The van der Waals surface area contributed by atoms with Crippen LogP contribution in [0.2, 0.25) is 0 Å². The first kappa shape index (κ1) is 11.5. The zero-order valence-corrected chi connectivity index (χ0v) is 9.20. The number of benzene rings is 1. The Morgan fingerprint density at radius 2 is 2.07 bits per heavy atom. The number of hydrogen-bond donors (Lipinski definition) is 3. The minimum Gasteiger partial charge on any atom is -0.355 e. The molecule has 1 unspecified atom stereocenters. The Morgan fingerprint density at radius 1 is 1.40 bits per heavy atom. The second kappa shape index (κ2) is 6.03. The number of nitrogens with zero attached hydrogens (tertiary/aromatic N) is 1. The van der Waals surface area contributed by atoms with Gasteiger partial charge in [-0.15, -0.1) is 0 Å². The zero-order chi connectivity index (χ0) is 11.1. The first-order valence-corrected chi connectivity index (χ1v) is 5.00. The van der Waals surface area contributed by atoms with Crippen molar-refractivity contribution in [3.8, 4) is 0 Å². The highest BCUT2D eigenvalue weighted by Gasteiger charge is 2.04. The van der Waals surface area contributed by atoms with Gasteiger partial charge in [0.25, 0.3) is 0 Å². The molecule has 0 saturated carbocycles. The van der Waals surface area contributed by atoms with Gasteiger partial charge in [-0.05, 0) is 11.5 Å². The van der Waals surface area contributed by atoms with Crippen LogP contribution in [0.5, 0.6) is 0 Å². The Balaban J connectivity index is 2.47. The predicted octanol–water partition coefficient (Wildman–Crippen LogP) is 0.829. The van der Waals surface area contributed by atoms with Crippen LogP contribution in [-0.2, 0) is 0 Å². The van der Waals surface area contributed by atoms with Crippen molar-refractivity contribution < 1.29 is 0 Å². The predicted molar refractivity (Wildman–Crippen MR) is 63.5 cm³/mol. The summed E-state index contributed by atoms with van der Waals surface area (Å²) in [5.41, 5.74) is 3.80. The van der Waals surface area contributed by atoms with Gasteiger partial charge in [-0.1, -0.05) is 37.3 Å². The minimum atomic E-state index is 0.427. The lowest BCUT2D eigenvalue weighted by molar-refractivity contribution is 0.704. The Morgan fingerprint density at radius 3 is 2.60 bits per heavy atom. The summed E-state index contributed by atoms with van der Waals surface area (Å²) in [5, 5.41) is 3.13. The summed E-state index contributed by atoms with van der Waals surface area (Å²) in [6, 6.07) is 10.3. The number of rotatable bonds is 3. The van der Waals surface area contributed by atoms with Gasteiger partial charge < -0.3 is 5.32 Å². The van der Waals surface area contributed by atoms with Crippen LogP contribution in [0.4, 0.5) is 0 Å². The third kappa shape index (κ3) is 3.59. The molecule has 4 heteroatoms. The summed E-state index contributed by atoms with van der Waals surface area (Å²) in [7, 11) is 1.69. The highest BCUT2D eigenvalue weighted by molar-refractivity contribution is 5.78. The maximum absolute atomic E-state index is 5.26. The van der Waals surface area contributed by atoms with Crippen LogP contribution < -0.4 is 16.6 Å². The second-order valence-electron chi connectivity index (χ2n) is 3.41. The first-order valence-electron chi connectivity index (χ1n) is 5.00. The molecule has 0 aromatic heterocycles. The summed E-state index contributed by atoms with van der Waals surface area (Å²) >= 11 is 0. The average Bonchev–Trinajstić information content (AvgIpc) is 2.31. The van der Waals surface area contributed by atoms with Crippen molar-refractivity contribution in [3.05, 3.63) is 35.9 Å². The molecular formula is C11H18N4. The molecule has 0 aliphatic carbocycles. The third-order valence-corrected chi connectivity index (χ3v) is 2.30. The molecule has 15 heavy (non-hydrogen) atoms. The highest BCUT2D eigenvalue weighted by Crippen LogP contribution is 2.12. The van der Waals surface area contributed by atoms with Crippen molar-refractivity contribution >= 4 is 5.96 Å². The Labute approximate surface area is 90.6 Å². The maximum atomic E-state index is 5.26. The molecule has 0 heterocycles. The molecule has 0 aliphatic heterocycles. The van der Waals surface area contributed by atoms with E-state index < -0.39 is 0 Å². The zero-order valence-electron chi connectivity index (χ0n) is 9.20. The fourth-order valence-corrected chi connectivity index (χ4v) is 1.34. The van der Waals surface area contributed by atoms with E-state index in [9.17, 15) is 0 Å². The second-order valence-corrected chi connectivity index (χ2v) is 3.41. The van der Waals surface area contributed by atoms with Crippen molar-refractivity contribution in [2.75, 3.05) is 13.6 Å². The van der Waals surface area contributed by atoms with Gasteiger partial charge in [-0.25, -0.2) is 5.84 Å². The molecule has 4 N–H and O–H groups in total. The molecule has 1 rings (SSSR count). The van der Waals surface area contributed by atoms with E-state index in [1.807, 2.05) is 18.2 Å². The van der Waals surface area contributed by atoms with Gasteiger partial charge in [0.05, 0.1) is 0 Å². The van der Waals surface area contributed by atoms with E-state index in [1.165, 1.54) is 5.56 Å². The molecule has 4 nitrogen and oxygen atoms in total. The summed E-state index contributed by atoms with van der Waals surface area (Å²) in [4.78, 5) is 3.94. The van der Waals surface area contributed by atoms with Crippen molar-refractivity contribution in [1.82, 2.24) is 10.7 Å². The van der Waals surface area contributed by atoms with Gasteiger partial charge >= 0.3 is 0 Å². The van der Waals surface area contributed by atoms with Crippen molar-refractivity contribution in [1.29, 1.82) is 0 Å². The van der Waals surface area contributed by atoms with Crippen molar-refractivity contribution in [2.45, 2.75) is 12.8 Å². The molecular weight excluding hydrogens is 188 g/mol. The number of nitrogens with one attached hydrogen (secondary N) is 2. The molecule has 0 bridgehead atoms. The van der Waals surface area contributed by atoms with Gasteiger partial charge in [0, 0.05) is 13.6 Å². The third-order valence-electron chi connectivity index (χ3n) is 2.30. The van der Waals surface area contributed by atoms with Crippen LogP contribution in [0.1, 0.15) is 18.4 Å². The van der Waals surface area contributed by atoms with Gasteiger partial charge in [-0.2, -0.15) is 0 Å². The van der Waals surface area contributed by atoms with Gasteiger partial charge in [0.1, 0.15) is 0 Å². The van der Waals surface area contributed by atoms with Crippen LogP contribution in [-0.4, -0.2) is 19.6 Å². The Bertz CT molecular complexity index is 308. The van der Waals surface area contributed by atoms with E-state index in [0.717, 1.165) is 6.54 Å². The molecule has 0 radical (unpaired) electrons. The van der Waals surface area contributed by atoms with Crippen LogP contribution in [0, 0.1) is 0 Å². The van der Waals surface area contributed by atoms with E-state index in [1.54, 1.807) is 7.05 Å². The first-order chi connectivity index (χ1) is 7.27. The molecule has 1 atom stereocenters. The molecule has 1 aromatic carbocycles. The van der Waals surface area contributed by atoms with E-state index in [4.69, 9.17) is 5.84 Å². The molecule has 0 amide bonds. The van der Waals surface area contributed by atoms with Crippen LogP contribution in [0.25, 0.3) is 0 Å². The minimum absolute atomic E-state index is 0.427. The van der Waals surface area contributed by atoms with Crippen LogP contribution in [0.3, 0.4) is 0 Å². The standard InChI is InChI=1S/C11H18N4/c1-9(8-14-11(13-2)15-12)10-6-4-3-5-7-10/h3-7,9H,8,12H2,1-2H3,(H2,13,14,15). The molecule has 0 aliphatic rings. The summed E-state index contributed by atoms with van der Waals surface area (Å²) < 4.78 is 0. The number of hydrazine groups is 1. The number of hydrogen-bond acceptors (Lipinski definition) is 2. The van der Waals surface area contributed by atoms with Gasteiger partial charge in [0.15, 0.2) is 0 Å². The lowest BCUT2D eigenvalue weighted by Gasteiger charge is -2.14. The summed E-state index contributed by atoms with van der Waals surface area (Å²) in [5.74, 6) is 6.30. The smallest absolute Gasteiger partial charge is 0.205 e. The number of nitrogens with two attached hydrogens (primary N) is 1. The van der Waals surface area contributed by atoms with E-state index in [-0.39, 0.29) is 0 Å². The molecule has 0 spiro atoms. The van der Waals surface area contributed by atoms with E-state index in [0.29, 0.717) is 11.9 Å². The summed E-state index contributed by atoms with van der Waals surface area (Å²) in [6.07, 6.45) is 0. The van der Waals surface area contributed by atoms with E-state index in [2.05, 4.69) is 34.8 Å². The largest absolute Gasteiger partial charge is 0.355 e. The average molecular weight is 206 g/mol. The molecule has 82 valence electrons. The number of guanidine groups is 1. The Hall–Kier alpha value is -1.55. The van der Waals surface area contributed by atoms with Crippen LogP contribution in [0.15, 0.2) is 35.3 Å². The molecule has 0 fully saturated rings. The van der Waals surface area contributed by atoms with Crippen LogP contribution >= 0.6 is 0 Å². The van der Waals surface area contributed by atoms with Crippen molar-refractivity contribution in [3.63, 3.8) is 0 Å². The number of aliphatic imine (C=N–C) groups is 1. The normalized spacial score (nSPS) is 13.4. The molecule has 0 saturated heterocycles. The fraction of sp³-hybridized carbons (Fsp3) is 0.364. The fourth-order valence-electron chi connectivity index (χ4n) is 1.34.